The normalized spacial score (nSPS) is 14.4. The Kier molecular flexibility index (Phi) is 4.41. The van der Waals surface area contributed by atoms with Crippen LogP contribution in [0.5, 0.6) is 0 Å². The molecule has 0 aliphatic carbocycles. The second-order valence-electron chi connectivity index (χ2n) is 5.35. The molecule has 0 N–H and O–H groups in total. The first-order valence-electron chi connectivity index (χ1n) is 7.44. The zero-order valence-electron chi connectivity index (χ0n) is 12.6. The van der Waals surface area contributed by atoms with E-state index in [1.807, 2.05) is 37.3 Å². The Morgan fingerprint density at radius 3 is 2.45 bits per heavy atom. The number of ether oxygens (including phenoxy) is 1. The highest BCUT2D eigenvalue weighted by Crippen LogP contribution is 2.23. The Morgan fingerprint density at radius 1 is 1.00 bits per heavy atom. The average Bonchev–Trinajstić information content (AvgIpc) is 2.56. The molecule has 0 radical (unpaired) electrons. The number of hydrogen-bond donors (Lipinski definition) is 0. The smallest absolute Gasteiger partial charge is 0.140 e. The van der Waals surface area contributed by atoms with Crippen molar-refractivity contribution in [2.24, 2.45) is 0 Å². The van der Waals surface area contributed by atoms with Gasteiger partial charge in [0.1, 0.15) is 5.82 Å². The molecular formula is C19H18FNO. The summed E-state index contributed by atoms with van der Waals surface area (Å²) in [5, 5.41) is 0. The van der Waals surface area contributed by atoms with Gasteiger partial charge in [0.05, 0.1) is 24.5 Å². The Labute approximate surface area is 130 Å². The van der Waals surface area contributed by atoms with Gasteiger partial charge in [0.15, 0.2) is 0 Å². The minimum absolute atomic E-state index is 0.274. The maximum Gasteiger partial charge on any atom is 0.140 e. The molecule has 112 valence electrons. The van der Waals surface area contributed by atoms with Gasteiger partial charge in [0, 0.05) is 18.7 Å². The molecule has 0 bridgehead atoms. The molecule has 3 heteroatoms. The molecule has 0 spiro atoms. The van der Waals surface area contributed by atoms with Gasteiger partial charge in [-0.25, -0.2) is 4.39 Å². The van der Waals surface area contributed by atoms with Crippen LogP contribution < -0.4 is 4.90 Å². The molecule has 1 aliphatic heterocycles. The predicted octanol–water partition coefficient (Wildman–Crippen LogP) is 3.37. The highest BCUT2D eigenvalue weighted by atomic mass is 19.1. The van der Waals surface area contributed by atoms with Gasteiger partial charge in [0.25, 0.3) is 0 Å². The van der Waals surface area contributed by atoms with Gasteiger partial charge in [-0.3, -0.25) is 0 Å². The number of benzene rings is 2. The average molecular weight is 295 g/mol. The molecule has 2 aromatic rings. The van der Waals surface area contributed by atoms with Gasteiger partial charge in [0.2, 0.25) is 0 Å². The molecule has 0 saturated carbocycles. The van der Waals surface area contributed by atoms with Crippen molar-refractivity contribution < 1.29 is 9.13 Å². The van der Waals surface area contributed by atoms with Crippen LogP contribution in [0.25, 0.3) is 0 Å². The highest BCUT2D eigenvalue weighted by molar-refractivity contribution is 5.62. The molecule has 0 unspecified atom stereocenters. The van der Waals surface area contributed by atoms with Crippen LogP contribution in [0.1, 0.15) is 16.7 Å². The SMILES string of the molecule is Cc1ccc(C#Cc2c(F)cccc2N2CCOCC2)cc1. The van der Waals surface area contributed by atoms with E-state index in [1.54, 1.807) is 6.07 Å². The van der Waals surface area contributed by atoms with Crippen molar-refractivity contribution in [2.45, 2.75) is 6.92 Å². The summed E-state index contributed by atoms with van der Waals surface area (Å²) in [6.45, 7) is 4.90. The number of morpholine rings is 1. The van der Waals surface area contributed by atoms with Gasteiger partial charge < -0.3 is 9.64 Å². The van der Waals surface area contributed by atoms with Crippen LogP contribution in [0.15, 0.2) is 42.5 Å². The summed E-state index contributed by atoms with van der Waals surface area (Å²) < 4.78 is 19.6. The van der Waals surface area contributed by atoms with Crippen molar-refractivity contribution in [2.75, 3.05) is 31.2 Å². The van der Waals surface area contributed by atoms with Crippen LogP contribution in [0.3, 0.4) is 0 Å². The summed E-state index contributed by atoms with van der Waals surface area (Å²) in [7, 11) is 0. The second kappa shape index (κ2) is 6.64. The Morgan fingerprint density at radius 2 is 1.73 bits per heavy atom. The van der Waals surface area contributed by atoms with Gasteiger partial charge in [-0.15, -0.1) is 0 Å². The Hall–Kier alpha value is -2.31. The van der Waals surface area contributed by atoms with Crippen molar-refractivity contribution in [3.8, 4) is 11.8 Å². The molecule has 0 aromatic heterocycles. The van der Waals surface area contributed by atoms with Crippen molar-refractivity contribution in [3.05, 3.63) is 65.0 Å². The van der Waals surface area contributed by atoms with Crippen LogP contribution in [0, 0.1) is 24.6 Å². The third kappa shape index (κ3) is 3.29. The number of aryl methyl sites for hydroxylation is 1. The van der Waals surface area contributed by atoms with E-state index < -0.39 is 0 Å². The molecule has 3 rings (SSSR count). The summed E-state index contributed by atoms with van der Waals surface area (Å²) in [5.41, 5.74) is 3.39. The first-order valence-corrected chi connectivity index (χ1v) is 7.44. The van der Waals surface area contributed by atoms with Crippen molar-refractivity contribution in [1.29, 1.82) is 0 Å². The first-order chi connectivity index (χ1) is 10.7. The summed E-state index contributed by atoms with van der Waals surface area (Å²) in [5.74, 6) is 5.79. The Bertz CT molecular complexity index is 706. The van der Waals surface area contributed by atoms with Gasteiger partial charge in [-0.05, 0) is 31.2 Å². The molecule has 22 heavy (non-hydrogen) atoms. The maximum atomic E-state index is 14.2. The summed E-state index contributed by atoms with van der Waals surface area (Å²) >= 11 is 0. The fourth-order valence-corrected chi connectivity index (χ4v) is 2.48. The third-order valence-electron chi connectivity index (χ3n) is 3.73. The fourth-order valence-electron chi connectivity index (χ4n) is 2.48. The van der Waals surface area contributed by atoms with E-state index in [2.05, 4.69) is 16.7 Å². The molecule has 0 atom stereocenters. The van der Waals surface area contributed by atoms with Crippen molar-refractivity contribution >= 4 is 5.69 Å². The monoisotopic (exact) mass is 295 g/mol. The van der Waals surface area contributed by atoms with Gasteiger partial charge in [-0.2, -0.15) is 0 Å². The van der Waals surface area contributed by atoms with E-state index in [-0.39, 0.29) is 5.82 Å². The molecule has 1 fully saturated rings. The van der Waals surface area contributed by atoms with Gasteiger partial charge >= 0.3 is 0 Å². The minimum Gasteiger partial charge on any atom is -0.378 e. The second-order valence-corrected chi connectivity index (χ2v) is 5.35. The van der Waals surface area contributed by atoms with E-state index in [1.165, 1.54) is 11.6 Å². The first kappa shape index (κ1) is 14.6. The molecular weight excluding hydrogens is 277 g/mol. The van der Waals surface area contributed by atoms with E-state index in [4.69, 9.17) is 4.74 Å². The fraction of sp³-hybridized carbons (Fsp3) is 0.263. The number of hydrogen-bond acceptors (Lipinski definition) is 2. The van der Waals surface area contributed by atoms with E-state index in [9.17, 15) is 4.39 Å². The number of halogens is 1. The van der Waals surface area contributed by atoms with Gasteiger partial charge in [-0.1, -0.05) is 35.6 Å². The van der Waals surface area contributed by atoms with Crippen LogP contribution in [0.4, 0.5) is 10.1 Å². The molecule has 2 nitrogen and oxygen atoms in total. The van der Waals surface area contributed by atoms with Crippen LogP contribution >= 0.6 is 0 Å². The lowest BCUT2D eigenvalue weighted by molar-refractivity contribution is 0.122. The zero-order valence-corrected chi connectivity index (χ0v) is 12.6. The van der Waals surface area contributed by atoms with E-state index in [0.717, 1.165) is 24.3 Å². The molecule has 1 aliphatic rings. The zero-order chi connectivity index (χ0) is 15.4. The standard InChI is InChI=1S/C19H18FNO/c1-15-5-7-16(8-6-15)9-10-17-18(20)3-2-4-19(17)21-11-13-22-14-12-21/h2-8H,11-14H2,1H3. The molecule has 1 heterocycles. The lowest BCUT2D eigenvalue weighted by atomic mass is 10.1. The molecule has 0 amide bonds. The number of nitrogens with zero attached hydrogens (tertiary/aromatic N) is 1. The summed E-state index contributed by atoms with van der Waals surface area (Å²) in [6.07, 6.45) is 0. The maximum absolute atomic E-state index is 14.2. The van der Waals surface area contributed by atoms with E-state index >= 15 is 0 Å². The predicted molar refractivity (Wildman–Crippen MR) is 86.6 cm³/mol. The topological polar surface area (TPSA) is 12.5 Å². The van der Waals surface area contributed by atoms with Crippen molar-refractivity contribution in [1.82, 2.24) is 0 Å². The highest BCUT2D eigenvalue weighted by Gasteiger charge is 2.16. The lowest BCUT2D eigenvalue weighted by Crippen LogP contribution is -2.36. The van der Waals surface area contributed by atoms with Crippen LogP contribution in [-0.2, 0) is 4.74 Å². The number of rotatable bonds is 1. The third-order valence-corrected chi connectivity index (χ3v) is 3.73. The largest absolute Gasteiger partial charge is 0.378 e. The lowest BCUT2D eigenvalue weighted by Gasteiger charge is -2.29. The minimum atomic E-state index is -0.274. The summed E-state index contributed by atoms with van der Waals surface area (Å²) in [4.78, 5) is 2.13. The van der Waals surface area contributed by atoms with Crippen LogP contribution in [0.2, 0.25) is 0 Å². The quantitative estimate of drug-likeness (QED) is 0.748. The van der Waals surface area contributed by atoms with E-state index in [0.29, 0.717) is 18.8 Å². The molecule has 2 aromatic carbocycles. The van der Waals surface area contributed by atoms with Crippen LogP contribution in [-0.4, -0.2) is 26.3 Å². The number of anilines is 1. The van der Waals surface area contributed by atoms with Crippen molar-refractivity contribution in [3.63, 3.8) is 0 Å². The summed E-state index contributed by atoms with van der Waals surface area (Å²) in [6, 6.07) is 13.0. The Balaban J connectivity index is 1.94. The molecule has 1 saturated heterocycles.